The zero-order valence-corrected chi connectivity index (χ0v) is 18.6. The van der Waals surface area contributed by atoms with Gasteiger partial charge in [-0.1, -0.05) is 19.4 Å². The fourth-order valence-electron chi connectivity index (χ4n) is 7.47. The Labute approximate surface area is 182 Å². The zero-order valence-electron chi connectivity index (χ0n) is 18.6. The van der Waals surface area contributed by atoms with E-state index in [0.29, 0.717) is 19.3 Å². The van der Waals surface area contributed by atoms with Gasteiger partial charge in [0.1, 0.15) is 12.4 Å². The molecule has 0 unspecified atom stereocenters. The first-order chi connectivity index (χ1) is 14.6. The van der Waals surface area contributed by atoms with Crippen molar-refractivity contribution in [3.8, 4) is 0 Å². The number of ether oxygens (including phenoxy) is 2. The van der Waals surface area contributed by atoms with E-state index in [1.54, 1.807) is 13.0 Å². The van der Waals surface area contributed by atoms with Gasteiger partial charge in [0.05, 0.1) is 6.61 Å². The molecule has 0 spiro atoms. The third-order valence-corrected chi connectivity index (χ3v) is 8.89. The lowest BCUT2D eigenvalue weighted by Gasteiger charge is -2.57. The first-order valence-corrected chi connectivity index (χ1v) is 11.4. The molecule has 6 atom stereocenters. The molecule has 3 fully saturated rings. The number of hydrogen-bond acceptors (Lipinski definition) is 7. The molecule has 4 aliphatic carbocycles. The molecule has 0 aromatic rings. The third kappa shape index (κ3) is 3.03. The van der Waals surface area contributed by atoms with Gasteiger partial charge in [0.25, 0.3) is 0 Å². The lowest BCUT2D eigenvalue weighted by Crippen LogP contribution is -2.62. The number of hydrogen-bond donors (Lipinski definition) is 1. The fourth-order valence-corrected chi connectivity index (χ4v) is 7.47. The summed E-state index contributed by atoms with van der Waals surface area (Å²) in [5.74, 6) is -0.494. The standard InChI is InChI=1S/C24H32O7/c1-4-30-21(29)31-24(19(28)13-25)10-8-17-16-6-5-14-11-15(26)7-9-22(14,2)20(16)18(27)12-23(17,24)3/h11,16-17,20,25H,4-10,12-13H2,1-3H3/t16-,17-,20+,22-,23-,24-/m0/s1. The number of allylic oxidation sites excluding steroid dienone is 1. The Kier molecular flexibility index (Phi) is 5.39. The number of Topliss-reactive ketones (excluding diaryl/α,β-unsaturated/α-hetero) is 2. The number of fused-ring (bicyclic) bond motifs is 5. The van der Waals surface area contributed by atoms with Gasteiger partial charge in [-0.15, -0.1) is 0 Å². The molecule has 0 aromatic carbocycles. The quantitative estimate of drug-likeness (QED) is 0.680. The minimum absolute atomic E-state index is 0.0103. The molecule has 0 heterocycles. The Morgan fingerprint density at radius 3 is 2.58 bits per heavy atom. The van der Waals surface area contributed by atoms with Crippen LogP contribution in [0.15, 0.2) is 11.6 Å². The molecular weight excluding hydrogens is 400 g/mol. The van der Waals surface area contributed by atoms with Crippen LogP contribution in [-0.2, 0) is 23.9 Å². The SMILES string of the molecule is CCOC(=O)O[C@]1(C(=O)CO)CC[C@H]2[C@@H]3CCC4=CC(=O)CC[C@]4(C)[C@H]3C(=O)C[C@@]21C. The summed E-state index contributed by atoms with van der Waals surface area (Å²) in [4.78, 5) is 50.9. The van der Waals surface area contributed by atoms with Gasteiger partial charge in [-0.05, 0) is 62.4 Å². The van der Waals surface area contributed by atoms with E-state index in [1.165, 1.54) is 0 Å². The Morgan fingerprint density at radius 2 is 1.90 bits per heavy atom. The van der Waals surface area contributed by atoms with Crippen LogP contribution in [0.2, 0.25) is 0 Å². The molecule has 0 saturated heterocycles. The van der Waals surface area contributed by atoms with Gasteiger partial charge < -0.3 is 14.6 Å². The molecule has 4 rings (SSSR count). The summed E-state index contributed by atoms with van der Waals surface area (Å²) < 4.78 is 10.6. The van der Waals surface area contributed by atoms with Crippen LogP contribution in [-0.4, -0.2) is 47.4 Å². The highest BCUT2D eigenvalue weighted by molar-refractivity contribution is 5.95. The van der Waals surface area contributed by atoms with Crippen molar-refractivity contribution in [3.05, 3.63) is 11.6 Å². The van der Waals surface area contributed by atoms with Gasteiger partial charge in [0.2, 0.25) is 5.78 Å². The minimum Gasteiger partial charge on any atom is -0.435 e. The molecule has 0 aromatic heterocycles. The van der Waals surface area contributed by atoms with Crippen molar-refractivity contribution in [2.45, 2.75) is 71.3 Å². The molecule has 0 bridgehead atoms. The first kappa shape index (κ1) is 22.2. The van der Waals surface area contributed by atoms with E-state index >= 15 is 0 Å². The van der Waals surface area contributed by atoms with E-state index in [9.17, 15) is 24.3 Å². The largest absolute Gasteiger partial charge is 0.509 e. The second-order valence-electron chi connectivity index (χ2n) is 10.1. The van der Waals surface area contributed by atoms with Crippen molar-refractivity contribution < 1.29 is 33.8 Å². The van der Waals surface area contributed by atoms with E-state index < -0.39 is 29.6 Å². The first-order valence-electron chi connectivity index (χ1n) is 11.4. The Morgan fingerprint density at radius 1 is 1.16 bits per heavy atom. The van der Waals surface area contributed by atoms with E-state index in [2.05, 4.69) is 6.92 Å². The summed E-state index contributed by atoms with van der Waals surface area (Å²) in [7, 11) is 0. The fraction of sp³-hybridized carbons (Fsp3) is 0.750. The van der Waals surface area contributed by atoms with Crippen LogP contribution in [0, 0.1) is 28.6 Å². The van der Waals surface area contributed by atoms with E-state index in [4.69, 9.17) is 9.47 Å². The molecule has 0 radical (unpaired) electrons. The number of aliphatic hydroxyl groups excluding tert-OH is 1. The van der Waals surface area contributed by atoms with Crippen LogP contribution >= 0.6 is 0 Å². The van der Waals surface area contributed by atoms with Crippen LogP contribution < -0.4 is 0 Å². The van der Waals surface area contributed by atoms with Gasteiger partial charge in [0, 0.05) is 24.2 Å². The lowest BCUT2D eigenvalue weighted by atomic mass is 9.46. The molecule has 4 aliphatic rings. The summed E-state index contributed by atoms with van der Waals surface area (Å²) >= 11 is 0. The number of carbonyl (C=O) groups excluding carboxylic acids is 4. The van der Waals surface area contributed by atoms with Gasteiger partial charge in [-0.2, -0.15) is 0 Å². The molecule has 3 saturated carbocycles. The summed E-state index contributed by atoms with van der Waals surface area (Å²) in [6.45, 7) is 4.98. The maximum absolute atomic E-state index is 13.7. The number of rotatable bonds is 4. The van der Waals surface area contributed by atoms with Crippen molar-refractivity contribution in [1.82, 2.24) is 0 Å². The Bertz CT molecular complexity index is 860. The van der Waals surface area contributed by atoms with Crippen molar-refractivity contribution in [3.63, 3.8) is 0 Å². The van der Waals surface area contributed by atoms with Crippen molar-refractivity contribution in [1.29, 1.82) is 0 Å². The second-order valence-corrected chi connectivity index (χ2v) is 10.1. The van der Waals surface area contributed by atoms with E-state index in [-0.39, 0.29) is 54.2 Å². The van der Waals surface area contributed by atoms with Gasteiger partial charge in [0.15, 0.2) is 11.4 Å². The Hall–Kier alpha value is -2.02. The molecular formula is C24H32O7. The molecule has 1 N–H and O–H groups in total. The molecule has 31 heavy (non-hydrogen) atoms. The monoisotopic (exact) mass is 432 g/mol. The summed E-state index contributed by atoms with van der Waals surface area (Å²) in [5, 5.41) is 9.72. The van der Waals surface area contributed by atoms with E-state index in [1.807, 2.05) is 6.92 Å². The van der Waals surface area contributed by atoms with Crippen LogP contribution in [0.5, 0.6) is 0 Å². The lowest BCUT2D eigenvalue weighted by molar-refractivity contribution is -0.174. The molecule has 0 amide bonds. The zero-order chi connectivity index (χ0) is 22.6. The van der Waals surface area contributed by atoms with Crippen LogP contribution in [0.3, 0.4) is 0 Å². The van der Waals surface area contributed by atoms with Crippen molar-refractivity contribution in [2.24, 2.45) is 28.6 Å². The van der Waals surface area contributed by atoms with Gasteiger partial charge in [-0.3, -0.25) is 14.4 Å². The number of ketones is 3. The predicted octanol–water partition coefficient (Wildman–Crippen LogP) is 3.17. The molecule has 7 nitrogen and oxygen atoms in total. The second kappa shape index (κ2) is 7.54. The summed E-state index contributed by atoms with van der Waals surface area (Å²) in [6, 6.07) is 0. The molecule has 0 aliphatic heterocycles. The highest BCUT2D eigenvalue weighted by Crippen LogP contribution is 2.67. The normalized spacial score (nSPS) is 41.5. The maximum Gasteiger partial charge on any atom is 0.509 e. The number of aliphatic hydroxyl groups is 1. The molecule has 7 heteroatoms. The third-order valence-electron chi connectivity index (χ3n) is 8.89. The minimum atomic E-state index is -1.56. The van der Waals surface area contributed by atoms with Gasteiger partial charge >= 0.3 is 6.16 Å². The van der Waals surface area contributed by atoms with Crippen LogP contribution in [0.4, 0.5) is 4.79 Å². The molecule has 170 valence electrons. The van der Waals surface area contributed by atoms with E-state index in [0.717, 1.165) is 18.4 Å². The van der Waals surface area contributed by atoms with Crippen molar-refractivity contribution in [2.75, 3.05) is 13.2 Å². The average Bonchev–Trinajstić information content (AvgIpc) is 3.00. The highest BCUT2D eigenvalue weighted by atomic mass is 16.7. The average molecular weight is 433 g/mol. The summed E-state index contributed by atoms with van der Waals surface area (Å²) in [6.07, 6.45) is 4.51. The van der Waals surface area contributed by atoms with Crippen molar-refractivity contribution >= 4 is 23.5 Å². The summed E-state index contributed by atoms with van der Waals surface area (Å²) in [5.41, 5.74) is -1.69. The number of carbonyl (C=O) groups is 4. The van der Waals surface area contributed by atoms with Crippen LogP contribution in [0.1, 0.15) is 65.7 Å². The smallest absolute Gasteiger partial charge is 0.435 e. The Balaban J connectivity index is 1.73. The predicted molar refractivity (Wildman–Crippen MR) is 110 cm³/mol. The topological polar surface area (TPSA) is 107 Å². The van der Waals surface area contributed by atoms with Gasteiger partial charge in [-0.25, -0.2) is 4.79 Å². The highest BCUT2D eigenvalue weighted by Gasteiger charge is 2.70. The maximum atomic E-state index is 13.7. The van der Waals surface area contributed by atoms with Crippen LogP contribution in [0.25, 0.3) is 0 Å².